The molecule has 1 amide bonds. The maximum atomic E-state index is 12.0. The van der Waals surface area contributed by atoms with Crippen molar-refractivity contribution < 1.29 is 4.79 Å². The average Bonchev–Trinajstić information content (AvgIpc) is 2.35. The van der Waals surface area contributed by atoms with Crippen molar-refractivity contribution in [1.29, 1.82) is 0 Å². The van der Waals surface area contributed by atoms with Gasteiger partial charge in [-0.1, -0.05) is 30.3 Å². The smallest absolute Gasteiger partial charge is 0.244 e. The molecule has 0 aliphatic rings. The Balaban J connectivity index is 0.00000289. The number of carbonyl (C=O) groups is 1. The second-order valence-corrected chi connectivity index (χ2v) is 5.16. The van der Waals surface area contributed by atoms with Crippen molar-refractivity contribution in [3.05, 3.63) is 35.9 Å². The predicted molar refractivity (Wildman–Crippen MR) is 81.2 cm³/mol. The molecule has 1 unspecified atom stereocenters. The predicted octanol–water partition coefficient (Wildman–Crippen LogP) is 2.15. The molecule has 0 aromatic heterocycles. The van der Waals surface area contributed by atoms with E-state index in [4.69, 9.17) is 5.73 Å². The Morgan fingerprint density at radius 3 is 2.56 bits per heavy atom. The van der Waals surface area contributed by atoms with Gasteiger partial charge >= 0.3 is 0 Å². The monoisotopic (exact) mass is 288 g/mol. The minimum atomic E-state index is -0.958. The SMILES string of the molecule is CSCCCNC(=O)C(C)(N)c1ccccc1.Cl. The molecule has 0 aliphatic carbocycles. The summed E-state index contributed by atoms with van der Waals surface area (Å²) in [5.74, 6) is 0.928. The van der Waals surface area contributed by atoms with E-state index in [0.717, 1.165) is 17.7 Å². The molecule has 0 radical (unpaired) electrons. The van der Waals surface area contributed by atoms with E-state index in [0.29, 0.717) is 6.54 Å². The molecule has 0 heterocycles. The van der Waals surface area contributed by atoms with Crippen LogP contribution in [-0.2, 0) is 10.3 Å². The van der Waals surface area contributed by atoms with E-state index in [1.165, 1.54) is 0 Å². The van der Waals surface area contributed by atoms with Crippen molar-refractivity contribution in [3.8, 4) is 0 Å². The van der Waals surface area contributed by atoms with Crippen molar-refractivity contribution in [3.63, 3.8) is 0 Å². The quantitative estimate of drug-likeness (QED) is 0.789. The Bertz CT molecular complexity index is 357. The van der Waals surface area contributed by atoms with E-state index in [9.17, 15) is 4.79 Å². The van der Waals surface area contributed by atoms with Gasteiger partial charge in [0.15, 0.2) is 0 Å². The molecular weight excluding hydrogens is 268 g/mol. The van der Waals surface area contributed by atoms with Crippen LogP contribution in [-0.4, -0.2) is 24.5 Å². The van der Waals surface area contributed by atoms with Crippen molar-refractivity contribution in [2.24, 2.45) is 5.73 Å². The lowest BCUT2D eigenvalue weighted by molar-refractivity contribution is -0.126. The van der Waals surface area contributed by atoms with Gasteiger partial charge in [0.05, 0.1) is 0 Å². The standard InChI is InChI=1S/C13H20N2OS.ClH/c1-13(14,11-7-4-3-5-8-11)12(16)15-9-6-10-17-2;/h3-5,7-8H,6,9-10,14H2,1-2H3,(H,15,16);1H. The minimum absolute atomic E-state index is 0. The van der Waals surface area contributed by atoms with E-state index < -0.39 is 5.54 Å². The summed E-state index contributed by atoms with van der Waals surface area (Å²) in [6, 6.07) is 9.45. The van der Waals surface area contributed by atoms with Crippen molar-refractivity contribution in [2.45, 2.75) is 18.9 Å². The highest BCUT2D eigenvalue weighted by atomic mass is 35.5. The van der Waals surface area contributed by atoms with Crippen molar-refractivity contribution >= 4 is 30.1 Å². The lowest BCUT2D eigenvalue weighted by Gasteiger charge is -2.24. The molecule has 3 nitrogen and oxygen atoms in total. The number of hydrogen-bond donors (Lipinski definition) is 2. The molecule has 0 bridgehead atoms. The normalized spacial score (nSPS) is 13.3. The molecule has 0 saturated carbocycles. The van der Waals surface area contributed by atoms with E-state index in [-0.39, 0.29) is 18.3 Å². The fourth-order valence-electron chi connectivity index (χ4n) is 1.52. The molecule has 1 rings (SSSR count). The van der Waals surface area contributed by atoms with Crippen LogP contribution in [0.2, 0.25) is 0 Å². The van der Waals surface area contributed by atoms with Crippen molar-refractivity contribution in [1.82, 2.24) is 5.32 Å². The Morgan fingerprint density at radius 1 is 1.39 bits per heavy atom. The first-order chi connectivity index (χ1) is 8.09. The summed E-state index contributed by atoms with van der Waals surface area (Å²) in [5, 5.41) is 2.88. The Hall–Kier alpha value is -0.710. The number of rotatable bonds is 6. The molecule has 102 valence electrons. The zero-order valence-electron chi connectivity index (χ0n) is 10.8. The molecule has 3 N–H and O–H groups in total. The van der Waals surface area contributed by atoms with Gasteiger partial charge in [-0.2, -0.15) is 11.8 Å². The molecule has 0 saturated heterocycles. The van der Waals surface area contributed by atoms with Crippen LogP contribution >= 0.6 is 24.2 Å². The maximum Gasteiger partial charge on any atom is 0.244 e. The summed E-state index contributed by atoms with van der Waals surface area (Å²) in [5.41, 5.74) is 5.96. The molecule has 5 heteroatoms. The zero-order valence-corrected chi connectivity index (χ0v) is 12.4. The first-order valence-electron chi connectivity index (χ1n) is 5.70. The molecule has 1 aromatic rings. The summed E-state index contributed by atoms with van der Waals surface area (Å²) in [6.07, 6.45) is 3.02. The van der Waals surface area contributed by atoms with Crippen LogP contribution < -0.4 is 11.1 Å². The van der Waals surface area contributed by atoms with Crippen molar-refractivity contribution in [2.75, 3.05) is 18.6 Å². The summed E-state index contributed by atoms with van der Waals surface area (Å²) in [6.45, 7) is 2.42. The molecule has 18 heavy (non-hydrogen) atoms. The zero-order chi connectivity index (χ0) is 12.7. The largest absolute Gasteiger partial charge is 0.354 e. The number of benzene rings is 1. The second kappa shape index (κ2) is 8.40. The van der Waals surface area contributed by atoms with E-state index in [1.807, 2.05) is 30.3 Å². The van der Waals surface area contributed by atoms with Gasteiger partial charge in [-0.15, -0.1) is 12.4 Å². The first-order valence-corrected chi connectivity index (χ1v) is 7.10. The molecule has 0 aliphatic heterocycles. The van der Waals surface area contributed by atoms with Gasteiger partial charge in [-0.25, -0.2) is 0 Å². The van der Waals surface area contributed by atoms with Crippen LogP contribution in [0, 0.1) is 0 Å². The third kappa shape index (κ3) is 4.88. The number of nitrogens with two attached hydrogens (primary N) is 1. The number of carbonyl (C=O) groups excluding carboxylic acids is 1. The maximum absolute atomic E-state index is 12.0. The van der Waals surface area contributed by atoms with Crippen LogP contribution in [0.1, 0.15) is 18.9 Å². The van der Waals surface area contributed by atoms with Crippen LogP contribution in [0.25, 0.3) is 0 Å². The third-order valence-electron chi connectivity index (χ3n) is 2.66. The molecule has 0 fully saturated rings. The number of halogens is 1. The lowest BCUT2D eigenvalue weighted by Crippen LogP contribution is -2.49. The summed E-state index contributed by atoms with van der Waals surface area (Å²) < 4.78 is 0. The van der Waals surface area contributed by atoms with Gasteiger partial charge in [0, 0.05) is 6.54 Å². The fraction of sp³-hybridized carbons (Fsp3) is 0.462. The summed E-state index contributed by atoms with van der Waals surface area (Å²) in [4.78, 5) is 12.0. The van der Waals surface area contributed by atoms with Gasteiger partial charge in [0.1, 0.15) is 5.54 Å². The van der Waals surface area contributed by atoms with E-state index >= 15 is 0 Å². The van der Waals surface area contributed by atoms with Gasteiger partial charge in [0.25, 0.3) is 0 Å². The number of nitrogens with one attached hydrogen (secondary N) is 1. The highest BCUT2D eigenvalue weighted by Gasteiger charge is 2.29. The number of thioether (sulfide) groups is 1. The number of hydrogen-bond acceptors (Lipinski definition) is 3. The number of amides is 1. The van der Waals surface area contributed by atoms with Gasteiger partial charge in [0.2, 0.25) is 5.91 Å². The van der Waals surface area contributed by atoms with Crippen LogP contribution in [0.5, 0.6) is 0 Å². The Labute approximate surface area is 119 Å². The molecule has 1 aromatic carbocycles. The highest BCUT2D eigenvalue weighted by molar-refractivity contribution is 7.98. The van der Waals surface area contributed by atoms with E-state index in [2.05, 4.69) is 11.6 Å². The van der Waals surface area contributed by atoms with Gasteiger partial charge in [-0.05, 0) is 30.9 Å². The molecular formula is C13H21ClN2OS. The molecule has 0 spiro atoms. The van der Waals surface area contributed by atoms with Crippen LogP contribution in [0.3, 0.4) is 0 Å². The highest BCUT2D eigenvalue weighted by Crippen LogP contribution is 2.17. The Kier molecular flexibility index (Phi) is 8.07. The molecule has 1 atom stereocenters. The van der Waals surface area contributed by atoms with E-state index in [1.54, 1.807) is 18.7 Å². The average molecular weight is 289 g/mol. The summed E-state index contributed by atoms with van der Waals surface area (Å²) in [7, 11) is 0. The minimum Gasteiger partial charge on any atom is -0.354 e. The fourth-order valence-corrected chi connectivity index (χ4v) is 1.95. The van der Waals surface area contributed by atoms with Crippen LogP contribution in [0.4, 0.5) is 0 Å². The second-order valence-electron chi connectivity index (χ2n) is 4.17. The Morgan fingerprint density at radius 2 is 2.00 bits per heavy atom. The van der Waals surface area contributed by atoms with Gasteiger partial charge in [-0.3, -0.25) is 4.79 Å². The van der Waals surface area contributed by atoms with Gasteiger partial charge < -0.3 is 11.1 Å². The first kappa shape index (κ1) is 17.3. The summed E-state index contributed by atoms with van der Waals surface area (Å²) >= 11 is 1.77. The topological polar surface area (TPSA) is 55.1 Å². The van der Waals surface area contributed by atoms with Crippen LogP contribution in [0.15, 0.2) is 30.3 Å². The third-order valence-corrected chi connectivity index (χ3v) is 3.35. The lowest BCUT2D eigenvalue weighted by atomic mass is 9.92.